The fourth-order valence-corrected chi connectivity index (χ4v) is 2.68. The quantitative estimate of drug-likeness (QED) is 0.925. The zero-order valence-electron chi connectivity index (χ0n) is 12.9. The van der Waals surface area contributed by atoms with Crippen molar-refractivity contribution in [3.8, 4) is 0 Å². The van der Waals surface area contributed by atoms with Crippen molar-refractivity contribution in [2.75, 3.05) is 18.4 Å². The lowest BCUT2D eigenvalue weighted by Crippen LogP contribution is -2.37. The van der Waals surface area contributed by atoms with Crippen molar-refractivity contribution in [1.82, 2.24) is 4.90 Å². The molecule has 0 aliphatic carbocycles. The monoisotopic (exact) mass is 288 g/mol. The molecule has 4 nitrogen and oxygen atoms in total. The van der Waals surface area contributed by atoms with Crippen LogP contribution in [0.3, 0.4) is 0 Å². The Morgan fingerprint density at radius 1 is 1.24 bits per heavy atom. The van der Waals surface area contributed by atoms with E-state index in [4.69, 9.17) is 0 Å². The van der Waals surface area contributed by atoms with E-state index in [0.717, 1.165) is 30.5 Å². The standard InChI is InChI=1S/C17H24N2O2/c1-13(2)14-8-5-6-9-15(14)18-16(20)12-19-11-7-3-4-10-17(19)21/h5-6,8-9,13H,3-4,7,10-12H2,1-2H3,(H,18,20). The fourth-order valence-electron chi connectivity index (χ4n) is 2.68. The molecule has 4 heteroatoms. The number of hydrogen-bond donors (Lipinski definition) is 1. The Hall–Kier alpha value is -1.84. The lowest BCUT2D eigenvalue weighted by molar-refractivity contribution is -0.134. The smallest absolute Gasteiger partial charge is 0.244 e. The molecule has 0 aromatic heterocycles. The lowest BCUT2D eigenvalue weighted by atomic mass is 10.0. The summed E-state index contributed by atoms with van der Waals surface area (Å²) < 4.78 is 0. The van der Waals surface area contributed by atoms with Crippen molar-refractivity contribution in [2.45, 2.75) is 45.4 Å². The van der Waals surface area contributed by atoms with Gasteiger partial charge in [-0.05, 0) is 30.4 Å². The van der Waals surface area contributed by atoms with Gasteiger partial charge in [0.05, 0.1) is 6.54 Å². The van der Waals surface area contributed by atoms with Crippen LogP contribution in [-0.2, 0) is 9.59 Å². The molecule has 1 aromatic rings. The van der Waals surface area contributed by atoms with Crippen LogP contribution >= 0.6 is 0 Å². The largest absolute Gasteiger partial charge is 0.333 e. The predicted molar refractivity (Wildman–Crippen MR) is 84.2 cm³/mol. The molecule has 1 aliphatic rings. The zero-order chi connectivity index (χ0) is 15.2. The maximum absolute atomic E-state index is 12.2. The van der Waals surface area contributed by atoms with Gasteiger partial charge in [0.15, 0.2) is 0 Å². The van der Waals surface area contributed by atoms with E-state index in [1.165, 1.54) is 0 Å². The molecule has 0 unspecified atom stereocenters. The summed E-state index contributed by atoms with van der Waals surface area (Å²) in [6.07, 6.45) is 3.56. The first-order chi connectivity index (χ1) is 10.1. The van der Waals surface area contributed by atoms with Gasteiger partial charge in [-0.1, -0.05) is 38.5 Å². The van der Waals surface area contributed by atoms with Gasteiger partial charge in [-0.3, -0.25) is 9.59 Å². The van der Waals surface area contributed by atoms with Crippen LogP contribution in [0.25, 0.3) is 0 Å². The predicted octanol–water partition coefficient (Wildman–Crippen LogP) is 3.15. The SMILES string of the molecule is CC(C)c1ccccc1NC(=O)CN1CCCCCC1=O. The van der Waals surface area contributed by atoms with E-state index < -0.39 is 0 Å². The molecule has 1 aromatic carbocycles. The summed E-state index contributed by atoms with van der Waals surface area (Å²) in [5.74, 6) is 0.333. The number of nitrogens with one attached hydrogen (secondary N) is 1. The van der Waals surface area contributed by atoms with Crippen LogP contribution in [0.1, 0.15) is 51.0 Å². The Morgan fingerprint density at radius 2 is 2.00 bits per heavy atom. The number of nitrogens with zero attached hydrogens (tertiary/aromatic N) is 1. The number of carbonyl (C=O) groups is 2. The molecule has 0 spiro atoms. The van der Waals surface area contributed by atoms with Crippen molar-refractivity contribution in [1.29, 1.82) is 0 Å². The summed E-state index contributed by atoms with van der Waals surface area (Å²) in [7, 11) is 0. The number of rotatable bonds is 4. The van der Waals surface area contributed by atoms with Gasteiger partial charge in [0, 0.05) is 18.7 Å². The minimum absolute atomic E-state index is 0.0970. The number of anilines is 1. The van der Waals surface area contributed by atoms with Gasteiger partial charge >= 0.3 is 0 Å². The summed E-state index contributed by atoms with van der Waals surface area (Å²) in [4.78, 5) is 25.8. The van der Waals surface area contributed by atoms with E-state index in [1.807, 2.05) is 24.3 Å². The van der Waals surface area contributed by atoms with E-state index in [9.17, 15) is 9.59 Å². The number of carbonyl (C=O) groups excluding carboxylic acids is 2. The topological polar surface area (TPSA) is 49.4 Å². The molecule has 114 valence electrons. The molecule has 1 heterocycles. The second kappa shape index (κ2) is 7.25. The van der Waals surface area contributed by atoms with Crippen molar-refractivity contribution in [2.24, 2.45) is 0 Å². The first-order valence-electron chi connectivity index (χ1n) is 7.74. The maximum Gasteiger partial charge on any atom is 0.244 e. The minimum Gasteiger partial charge on any atom is -0.333 e. The molecule has 0 bridgehead atoms. The van der Waals surface area contributed by atoms with Crippen LogP contribution in [0.15, 0.2) is 24.3 Å². The molecule has 0 saturated carbocycles. The third kappa shape index (κ3) is 4.31. The second-order valence-corrected chi connectivity index (χ2v) is 5.92. The summed E-state index contributed by atoms with van der Waals surface area (Å²) >= 11 is 0. The van der Waals surface area contributed by atoms with Gasteiger partial charge in [-0.2, -0.15) is 0 Å². The zero-order valence-corrected chi connectivity index (χ0v) is 12.9. The molecule has 1 saturated heterocycles. The molecule has 1 N–H and O–H groups in total. The molecule has 1 aliphatic heterocycles. The first kappa shape index (κ1) is 15.5. The van der Waals surface area contributed by atoms with Gasteiger partial charge in [0.1, 0.15) is 0 Å². The molecular formula is C17H24N2O2. The van der Waals surface area contributed by atoms with Crippen LogP contribution in [0, 0.1) is 0 Å². The molecular weight excluding hydrogens is 264 g/mol. The van der Waals surface area contributed by atoms with E-state index in [0.29, 0.717) is 18.9 Å². The van der Waals surface area contributed by atoms with Crippen molar-refractivity contribution < 1.29 is 9.59 Å². The van der Waals surface area contributed by atoms with Crippen molar-refractivity contribution in [3.63, 3.8) is 0 Å². The average molecular weight is 288 g/mol. The van der Waals surface area contributed by atoms with Gasteiger partial charge in [0.25, 0.3) is 0 Å². The summed E-state index contributed by atoms with van der Waals surface area (Å²) in [5.41, 5.74) is 1.97. The summed E-state index contributed by atoms with van der Waals surface area (Å²) in [6, 6.07) is 7.83. The van der Waals surface area contributed by atoms with Crippen LogP contribution in [0.4, 0.5) is 5.69 Å². The van der Waals surface area contributed by atoms with Crippen molar-refractivity contribution in [3.05, 3.63) is 29.8 Å². The first-order valence-corrected chi connectivity index (χ1v) is 7.74. The van der Waals surface area contributed by atoms with Crippen LogP contribution < -0.4 is 5.32 Å². The molecule has 0 radical (unpaired) electrons. The Balaban J connectivity index is 2.00. The van der Waals surface area contributed by atoms with Gasteiger partial charge in [-0.15, -0.1) is 0 Å². The maximum atomic E-state index is 12.2. The van der Waals surface area contributed by atoms with Gasteiger partial charge in [0.2, 0.25) is 11.8 Å². The fraction of sp³-hybridized carbons (Fsp3) is 0.529. The number of para-hydroxylation sites is 1. The highest BCUT2D eigenvalue weighted by Gasteiger charge is 2.19. The molecule has 2 rings (SSSR count). The van der Waals surface area contributed by atoms with Crippen LogP contribution in [-0.4, -0.2) is 29.8 Å². The number of hydrogen-bond acceptors (Lipinski definition) is 2. The molecule has 0 atom stereocenters. The highest BCUT2D eigenvalue weighted by molar-refractivity contribution is 5.95. The Labute approximate surface area is 126 Å². The summed E-state index contributed by atoms with van der Waals surface area (Å²) in [6.45, 7) is 5.05. The third-order valence-corrected chi connectivity index (χ3v) is 3.86. The van der Waals surface area contributed by atoms with E-state index in [-0.39, 0.29) is 18.4 Å². The average Bonchev–Trinajstić information content (AvgIpc) is 2.64. The number of amides is 2. The number of likely N-dealkylation sites (tertiary alicyclic amines) is 1. The molecule has 2 amide bonds. The second-order valence-electron chi connectivity index (χ2n) is 5.92. The van der Waals surface area contributed by atoms with E-state index in [1.54, 1.807) is 4.90 Å². The third-order valence-electron chi connectivity index (χ3n) is 3.86. The van der Waals surface area contributed by atoms with Gasteiger partial charge in [-0.25, -0.2) is 0 Å². The van der Waals surface area contributed by atoms with E-state index >= 15 is 0 Å². The van der Waals surface area contributed by atoms with Crippen LogP contribution in [0.2, 0.25) is 0 Å². The van der Waals surface area contributed by atoms with E-state index in [2.05, 4.69) is 19.2 Å². The Morgan fingerprint density at radius 3 is 2.76 bits per heavy atom. The van der Waals surface area contributed by atoms with Crippen molar-refractivity contribution >= 4 is 17.5 Å². The number of benzene rings is 1. The molecule has 21 heavy (non-hydrogen) atoms. The van der Waals surface area contributed by atoms with Gasteiger partial charge < -0.3 is 10.2 Å². The normalized spacial score (nSPS) is 16.0. The van der Waals surface area contributed by atoms with Crippen LogP contribution in [0.5, 0.6) is 0 Å². The molecule has 1 fully saturated rings. The summed E-state index contributed by atoms with van der Waals surface area (Å²) in [5, 5.41) is 2.95. The lowest BCUT2D eigenvalue weighted by Gasteiger charge is -2.20. The highest BCUT2D eigenvalue weighted by atomic mass is 16.2. The Kier molecular flexibility index (Phi) is 5.37. The minimum atomic E-state index is -0.113. The highest BCUT2D eigenvalue weighted by Crippen LogP contribution is 2.23. The Bertz CT molecular complexity index is 511.